The van der Waals surface area contributed by atoms with E-state index in [-0.39, 0.29) is 5.91 Å². The molecular formula is C16H24N2O. The van der Waals surface area contributed by atoms with E-state index in [1.165, 1.54) is 25.7 Å². The number of aromatic nitrogens is 1. The lowest BCUT2D eigenvalue weighted by Crippen LogP contribution is -2.21. The van der Waals surface area contributed by atoms with Gasteiger partial charge in [0.1, 0.15) is 0 Å². The maximum atomic E-state index is 11.6. The van der Waals surface area contributed by atoms with E-state index in [2.05, 4.69) is 23.3 Å². The van der Waals surface area contributed by atoms with Gasteiger partial charge in [0.05, 0.1) is 0 Å². The maximum absolute atomic E-state index is 11.6. The highest BCUT2D eigenvalue weighted by molar-refractivity contribution is 5.77. The predicted molar refractivity (Wildman–Crippen MR) is 78.6 cm³/mol. The minimum absolute atomic E-state index is 0.0709. The average molecular weight is 260 g/mol. The molecule has 0 spiro atoms. The molecule has 1 amide bonds. The number of hydrogen-bond acceptors (Lipinski definition) is 2. The normalized spacial score (nSPS) is 10.8. The van der Waals surface area contributed by atoms with Crippen LogP contribution in [0.5, 0.6) is 0 Å². The van der Waals surface area contributed by atoms with Gasteiger partial charge in [0, 0.05) is 25.4 Å². The smallest absolute Gasteiger partial charge is 0.224 e. The second-order valence-electron chi connectivity index (χ2n) is 4.66. The van der Waals surface area contributed by atoms with Gasteiger partial charge in [-0.3, -0.25) is 9.78 Å². The van der Waals surface area contributed by atoms with E-state index in [1.54, 1.807) is 12.4 Å². The Morgan fingerprint density at radius 3 is 2.74 bits per heavy atom. The molecule has 0 aliphatic rings. The summed E-state index contributed by atoms with van der Waals surface area (Å²) in [5.74, 6) is 0.0709. The third kappa shape index (κ3) is 8.14. The van der Waals surface area contributed by atoms with Crippen LogP contribution in [-0.2, 0) is 11.3 Å². The third-order valence-corrected chi connectivity index (χ3v) is 2.93. The van der Waals surface area contributed by atoms with Crippen LogP contribution >= 0.6 is 0 Å². The minimum atomic E-state index is 0.0709. The van der Waals surface area contributed by atoms with Crippen molar-refractivity contribution < 1.29 is 4.79 Å². The predicted octanol–water partition coefficient (Wildman–Crippen LogP) is 3.61. The van der Waals surface area contributed by atoms with Crippen molar-refractivity contribution >= 4 is 5.91 Å². The van der Waals surface area contributed by atoms with Crippen molar-refractivity contribution in [1.29, 1.82) is 0 Å². The first-order valence-corrected chi connectivity index (χ1v) is 7.13. The highest BCUT2D eigenvalue weighted by atomic mass is 16.1. The second kappa shape index (κ2) is 10.3. The molecule has 0 atom stereocenters. The fourth-order valence-corrected chi connectivity index (χ4v) is 1.77. The Morgan fingerprint density at radius 2 is 2.00 bits per heavy atom. The fraction of sp³-hybridized carbons (Fsp3) is 0.500. The van der Waals surface area contributed by atoms with Gasteiger partial charge in [-0.2, -0.15) is 0 Å². The van der Waals surface area contributed by atoms with E-state index in [0.29, 0.717) is 13.0 Å². The van der Waals surface area contributed by atoms with Gasteiger partial charge < -0.3 is 5.32 Å². The quantitative estimate of drug-likeness (QED) is 0.544. The van der Waals surface area contributed by atoms with Gasteiger partial charge in [0.2, 0.25) is 5.91 Å². The molecule has 0 saturated carbocycles. The van der Waals surface area contributed by atoms with Crippen LogP contribution in [0, 0.1) is 0 Å². The monoisotopic (exact) mass is 260 g/mol. The average Bonchev–Trinajstić information content (AvgIpc) is 2.45. The van der Waals surface area contributed by atoms with Crippen LogP contribution in [0.25, 0.3) is 0 Å². The van der Waals surface area contributed by atoms with E-state index < -0.39 is 0 Å². The maximum Gasteiger partial charge on any atom is 0.224 e. The SMILES string of the molecule is CCCCCC/C=C/CC(=O)NCc1ccncc1. The van der Waals surface area contributed by atoms with Crippen molar-refractivity contribution in [3.05, 3.63) is 42.2 Å². The number of carbonyl (C=O) groups is 1. The molecule has 3 nitrogen and oxygen atoms in total. The fourth-order valence-electron chi connectivity index (χ4n) is 1.77. The molecule has 1 aromatic heterocycles. The van der Waals surface area contributed by atoms with Crippen LogP contribution in [0.1, 0.15) is 51.0 Å². The Kier molecular flexibility index (Phi) is 8.36. The molecule has 1 heterocycles. The Balaban J connectivity index is 2.06. The highest BCUT2D eigenvalue weighted by Gasteiger charge is 1.97. The van der Waals surface area contributed by atoms with Gasteiger partial charge in [0.25, 0.3) is 0 Å². The van der Waals surface area contributed by atoms with Crippen LogP contribution in [-0.4, -0.2) is 10.9 Å². The van der Waals surface area contributed by atoms with Gasteiger partial charge in [-0.15, -0.1) is 0 Å². The van der Waals surface area contributed by atoms with E-state index in [0.717, 1.165) is 12.0 Å². The number of nitrogens with zero attached hydrogens (tertiary/aromatic N) is 1. The number of pyridine rings is 1. The summed E-state index contributed by atoms with van der Waals surface area (Å²) >= 11 is 0. The number of carbonyl (C=O) groups excluding carboxylic acids is 1. The van der Waals surface area contributed by atoms with Crippen LogP contribution in [0.2, 0.25) is 0 Å². The number of hydrogen-bond donors (Lipinski definition) is 1. The van der Waals surface area contributed by atoms with Gasteiger partial charge in [-0.05, 0) is 30.5 Å². The molecule has 1 rings (SSSR count). The first-order chi connectivity index (χ1) is 9.33. The summed E-state index contributed by atoms with van der Waals surface area (Å²) in [5.41, 5.74) is 1.08. The molecule has 104 valence electrons. The van der Waals surface area contributed by atoms with E-state index in [4.69, 9.17) is 0 Å². The zero-order valence-corrected chi connectivity index (χ0v) is 11.8. The minimum Gasteiger partial charge on any atom is -0.352 e. The zero-order chi connectivity index (χ0) is 13.8. The van der Waals surface area contributed by atoms with Gasteiger partial charge in [-0.25, -0.2) is 0 Å². The molecule has 3 heteroatoms. The Hall–Kier alpha value is -1.64. The summed E-state index contributed by atoms with van der Waals surface area (Å²) in [7, 11) is 0. The van der Waals surface area contributed by atoms with E-state index >= 15 is 0 Å². The molecule has 1 aromatic rings. The topological polar surface area (TPSA) is 42.0 Å². The van der Waals surface area contributed by atoms with Gasteiger partial charge in [0.15, 0.2) is 0 Å². The Labute approximate surface area is 116 Å². The lowest BCUT2D eigenvalue weighted by Gasteiger charge is -2.02. The molecule has 1 N–H and O–H groups in total. The molecular weight excluding hydrogens is 236 g/mol. The van der Waals surface area contributed by atoms with Crippen molar-refractivity contribution in [3.63, 3.8) is 0 Å². The number of allylic oxidation sites excluding steroid dienone is 1. The molecule has 0 fully saturated rings. The number of nitrogens with one attached hydrogen (secondary N) is 1. The summed E-state index contributed by atoms with van der Waals surface area (Å²) in [6.07, 6.45) is 14.2. The van der Waals surface area contributed by atoms with Crippen molar-refractivity contribution in [2.45, 2.75) is 52.0 Å². The van der Waals surface area contributed by atoms with Gasteiger partial charge >= 0.3 is 0 Å². The number of unbranched alkanes of at least 4 members (excludes halogenated alkanes) is 4. The summed E-state index contributed by atoms with van der Waals surface area (Å²) < 4.78 is 0. The molecule has 0 aromatic carbocycles. The lowest BCUT2D eigenvalue weighted by atomic mass is 10.1. The Morgan fingerprint density at radius 1 is 1.21 bits per heavy atom. The summed E-state index contributed by atoms with van der Waals surface area (Å²) in [5, 5.41) is 2.89. The molecule has 0 bridgehead atoms. The molecule has 0 unspecified atom stereocenters. The van der Waals surface area contributed by atoms with Crippen LogP contribution in [0.4, 0.5) is 0 Å². The standard InChI is InChI=1S/C16H24N2O/c1-2-3-4-5-6-7-8-9-16(19)18-14-15-10-12-17-13-11-15/h7-8,10-13H,2-6,9,14H2,1H3,(H,18,19)/b8-7+. The first kappa shape index (κ1) is 15.4. The van der Waals surface area contributed by atoms with Crippen molar-refractivity contribution in [1.82, 2.24) is 10.3 Å². The molecule has 0 saturated heterocycles. The van der Waals surface area contributed by atoms with Crippen molar-refractivity contribution in [2.24, 2.45) is 0 Å². The summed E-state index contributed by atoms with van der Waals surface area (Å²) in [6, 6.07) is 3.81. The van der Waals surface area contributed by atoms with Crippen LogP contribution < -0.4 is 5.32 Å². The molecule has 0 radical (unpaired) electrons. The Bertz CT molecular complexity index is 374. The largest absolute Gasteiger partial charge is 0.352 e. The van der Waals surface area contributed by atoms with Crippen LogP contribution in [0.15, 0.2) is 36.7 Å². The first-order valence-electron chi connectivity index (χ1n) is 7.13. The highest BCUT2D eigenvalue weighted by Crippen LogP contribution is 2.03. The third-order valence-electron chi connectivity index (χ3n) is 2.93. The van der Waals surface area contributed by atoms with Crippen LogP contribution in [0.3, 0.4) is 0 Å². The van der Waals surface area contributed by atoms with E-state index in [1.807, 2.05) is 18.2 Å². The van der Waals surface area contributed by atoms with Gasteiger partial charge in [-0.1, -0.05) is 38.3 Å². The van der Waals surface area contributed by atoms with E-state index in [9.17, 15) is 4.79 Å². The second-order valence-corrected chi connectivity index (χ2v) is 4.66. The molecule has 19 heavy (non-hydrogen) atoms. The number of amides is 1. The molecule has 0 aliphatic carbocycles. The summed E-state index contributed by atoms with van der Waals surface area (Å²) in [6.45, 7) is 2.79. The van der Waals surface area contributed by atoms with Crippen molar-refractivity contribution in [3.8, 4) is 0 Å². The molecule has 0 aliphatic heterocycles. The zero-order valence-electron chi connectivity index (χ0n) is 11.8. The lowest BCUT2D eigenvalue weighted by molar-refractivity contribution is -0.120. The summed E-state index contributed by atoms with van der Waals surface area (Å²) in [4.78, 5) is 15.5. The number of rotatable bonds is 9. The van der Waals surface area contributed by atoms with Crippen molar-refractivity contribution in [2.75, 3.05) is 0 Å².